The average Bonchev–Trinajstić information content (AvgIpc) is 2.96. The van der Waals surface area contributed by atoms with E-state index in [1.165, 1.54) is 11.1 Å². The van der Waals surface area contributed by atoms with Gasteiger partial charge in [0.15, 0.2) is 0 Å². The number of nitrogens with two attached hydrogens (primary N) is 1. The molecule has 4 N–H and O–H groups in total. The number of hydrogen-bond acceptors (Lipinski definition) is 5. The molecular formula is C15H20N6O. The van der Waals surface area contributed by atoms with Gasteiger partial charge in [0.1, 0.15) is 5.82 Å². The Bertz CT molecular complexity index is 668. The van der Waals surface area contributed by atoms with Gasteiger partial charge in [0.2, 0.25) is 11.9 Å². The summed E-state index contributed by atoms with van der Waals surface area (Å²) in [7, 11) is 0. The largest absolute Gasteiger partial charge is 0.367 e. The zero-order valence-corrected chi connectivity index (χ0v) is 12.5. The first kappa shape index (κ1) is 14.5. The van der Waals surface area contributed by atoms with Gasteiger partial charge in [-0.1, -0.05) is 31.2 Å². The minimum atomic E-state index is -0.153. The lowest BCUT2D eigenvalue weighted by atomic mass is 9.93. The average molecular weight is 300 g/mol. The molecule has 1 amide bonds. The lowest BCUT2D eigenvalue weighted by Gasteiger charge is -2.35. The molecule has 1 aromatic heterocycles. The van der Waals surface area contributed by atoms with Crippen LogP contribution in [0.3, 0.4) is 0 Å². The third kappa shape index (κ3) is 2.94. The van der Waals surface area contributed by atoms with Crippen LogP contribution in [0.15, 0.2) is 24.3 Å². The Balaban J connectivity index is 1.68. The SMILES string of the molecule is CCN1Cc2ccccc2CC1C(=O)NCc1nc(N)n[nH]1. The smallest absolute Gasteiger partial charge is 0.239 e. The van der Waals surface area contributed by atoms with Crippen LogP contribution in [-0.2, 0) is 24.3 Å². The van der Waals surface area contributed by atoms with Gasteiger partial charge in [0.25, 0.3) is 0 Å². The van der Waals surface area contributed by atoms with Gasteiger partial charge in [-0.3, -0.25) is 14.8 Å². The fourth-order valence-corrected chi connectivity index (χ4v) is 2.85. The van der Waals surface area contributed by atoms with Crippen LogP contribution in [0.25, 0.3) is 0 Å². The number of aromatic nitrogens is 3. The maximum atomic E-state index is 12.5. The summed E-state index contributed by atoms with van der Waals surface area (Å²) in [5.41, 5.74) is 8.00. The minimum absolute atomic E-state index is 0.00586. The number of likely N-dealkylation sites (N-methyl/N-ethyl adjacent to an activating group) is 1. The number of anilines is 1. The van der Waals surface area contributed by atoms with E-state index in [2.05, 4.69) is 44.5 Å². The molecule has 0 saturated heterocycles. The Morgan fingerprint density at radius 1 is 1.45 bits per heavy atom. The molecule has 0 spiro atoms. The Morgan fingerprint density at radius 2 is 2.23 bits per heavy atom. The van der Waals surface area contributed by atoms with Crippen LogP contribution in [0.4, 0.5) is 5.95 Å². The fraction of sp³-hybridized carbons (Fsp3) is 0.400. The topological polar surface area (TPSA) is 99.9 Å². The second-order valence-electron chi connectivity index (χ2n) is 5.41. The lowest BCUT2D eigenvalue weighted by molar-refractivity contribution is -0.127. The fourth-order valence-electron chi connectivity index (χ4n) is 2.85. The Hall–Kier alpha value is -2.41. The van der Waals surface area contributed by atoms with Crippen LogP contribution in [-0.4, -0.2) is 38.6 Å². The van der Waals surface area contributed by atoms with Gasteiger partial charge in [0, 0.05) is 6.54 Å². The summed E-state index contributed by atoms with van der Waals surface area (Å²) in [5, 5.41) is 9.35. The first-order chi connectivity index (χ1) is 10.7. The van der Waals surface area contributed by atoms with Crippen LogP contribution < -0.4 is 11.1 Å². The number of fused-ring (bicyclic) bond motifs is 1. The highest BCUT2D eigenvalue weighted by Crippen LogP contribution is 2.23. The first-order valence-corrected chi connectivity index (χ1v) is 7.42. The summed E-state index contributed by atoms with van der Waals surface area (Å²) < 4.78 is 0. The van der Waals surface area contributed by atoms with Gasteiger partial charge in [0.05, 0.1) is 12.6 Å². The van der Waals surface area contributed by atoms with Crippen molar-refractivity contribution in [3.63, 3.8) is 0 Å². The number of amides is 1. The second-order valence-corrected chi connectivity index (χ2v) is 5.41. The number of rotatable bonds is 4. The van der Waals surface area contributed by atoms with E-state index >= 15 is 0 Å². The van der Waals surface area contributed by atoms with Crippen LogP contribution in [0.1, 0.15) is 23.9 Å². The number of nitrogens with one attached hydrogen (secondary N) is 2. The number of H-pyrrole nitrogens is 1. The molecule has 1 unspecified atom stereocenters. The van der Waals surface area contributed by atoms with E-state index in [9.17, 15) is 4.79 Å². The van der Waals surface area contributed by atoms with Crippen molar-refractivity contribution in [2.45, 2.75) is 32.5 Å². The van der Waals surface area contributed by atoms with Gasteiger partial charge < -0.3 is 11.1 Å². The third-order valence-corrected chi connectivity index (χ3v) is 4.03. The Kier molecular flexibility index (Phi) is 4.06. The van der Waals surface area contributed by atoms with Crippen molar-refractivity contribution in [2.24, 2.45) is 0 Å². The molecule has 0 saturated carbocycles. The number of hydrogen-bond donors (Lipinski definition) is 3. The monoisotopic (exact) mass is 300 g/mol. The number of nitrogens with zero attached hydrogens (tertiary/aromatic N) is 3. The molecule has 0 radical (unpaired) electrons. The summed E-state index contributed by atoms with van der Waals surface area (Å²) in [5.74, 6) is 0.752. The van der Waals surface area contributed by atoms with Gasteiger partial charge in [-0.25, -0.2) is 0 Å². The lowest BCUT2D eigenvalue weighted by Crippen LogP contribution is -2.50. The van der Waals surface area contributed by atoms with Gasteiger partial charge in [-0.2, -0.15) is 4.98 Å². The van der Waals surface area contributed by atoms with Crippen LogP contribution in [0.2, 0.25) is 0 Å². The van der Waals surface area contributed by atoms with Crippen molar-refractivity contribution in [3.05, 3.63) is 41.2 Å². The number of nitrogen functional groups attached to an aromatic ring is 1. The van der Waals surface area contributed by atoms with E-state index in [0.29, 0.717) is 12.4 Å². The van der Waals surface area contributed by atoms with Gasteiger partial charge in [-0.15, -0.1) is 5.10 Å². The zero-order chi connectivity index (χ0) is 15.5. The maximum absolute atomic E-state index is 12.5. The molecular weight excluding hydrogens is 280 g/mol. The van der Waals surface area contributed by atoms with Gasteiger partial charge in [-0.05, 0) is 24.1 Å². The molecule has 0 fully saturated rings. The molecule has 2 aromatic rings. The van der Waals surface area contributed by atoms with Gasteiger partial charge >= 0.3 is 0 Å². The molecule has 7 heteroatoms. The van der Waals surface area contributed by atoms with Crippen molar-refractivity contribution < 1.29 is 4.79 Å². The molecule has 0 bridgehead atoms. The highest BCUT2D eigenvalue weighted by molar-refractivity contribution is 5.82. The molecule has 7 nitrogen and oxygen atoms in total. The summed E-state index contributed by atoms with van der Waals surface area (Å²) in [6.07, 6.45) is 0.731. The molecule has 1 aromatic carbocycles. The maximum Gasteiger partial charge on any atom is 0.239 e. The van der Waals surface area contributed by atoms with Crippen molar-refractivity contribution in [3.8, 4) is 0 Å². The summed E-state index contributed by atoms with van der Waals surface area (Å²) in [4.78, 5) is 18.7. The highest BCUT2D eigenvalue weighted by atomic mass is 16.2. The van der Waals surface area contributed by atoms with E-state index in [-0.39, 0.29) is 17.9 Å². The Labute approximate surface area is 128 Å². The summed E-state index contributed by atoms with van der Waals surface area (Å²) in [6, 6.07) is 8.14. The quantitative estimate of drug-likeness (QED) is 0.761. The second kappa shape index (κ2) is 6.15. The van der Waals surface area contributed by atoms with E-state index in [4.69, 9.17) is 5.73 Å². The molecule has 3 rings (SSSR count). The van der Waals surface area contributed by atoms with Crippen LogP contribution in [0.5, 0.6) is 0 Å². The molecule has 1 aliphatic heterocycles. The zero-order valence-electron chi connectivity index (χ0n) is 12.5. The number of carbonyl (C=O) groups is 1. The van der Waals surface area contributed by atoms with E-state index in [1.807, 2.05) is 12.1 Å². The Morgan fingerprint density at radius 3 is 2.91 bits per heavy atom. The molecule has 1 aliphatic rings. The molecule has 0 aliphatic carbocycles. The van der Waals surface area contributed by atoms with E-state index < -0.39 is 0 Å². The summed E-state index contributed by atoms with van der Waals surface area (Å²) >= 11 is 0. The van der Waals surface area contributed by atoms with Crippen LogP contribution >= 0.6 is 0 Å². The summed E-state index contributed by atoms with van der Waals surface area (Å²) in [6.45, 7) is 4.02. The number of aromatic amines is 1. The predicted molar refractivity (Wildman–Crippen MR) is 82.7 cm³/mol. The number of benzene rings is 1. The minimum Gasteiger partial charge on any atom is -0.367 e. The van der Waals surface area contributed by atoms with Crippen molar-refractivity contribution in [1.29, 1.82) is 0 Å². The molecule has 2 heterocycles. The van der Waals surface area contributed by atoms with Crippen LogP contribution in [0, 0.1) is 0 Å². The number of carbonyl (C=O) groups excluding carboxylic acids is 1. The predicted octanol–water partition coefficient (Wildman–Crippen LogP) is 0.450. The molecule has 22 heavy (non-hydrogen) atoms. The van der Waals surface area contributed by atoms with Crippen molar-refractivity contribution in [1.82, 2.24) is 25.4 Å². The molecule has 1 atom stereocenters. The van der Waals surface area contributed by atoms with Crippen molar-refractivity contribution in [2.75, 3.05) is 12.3 Å². The third-order valence-electron chi connectivity index (χ3n) is 4.03. The normalized spacial score (nSPS) is 18.0. The molecule has 116 valence electrons. The standard InChI is InChI=1S/C15H20N6O/c1-2-21-9-11-6-4-3-5-10(11)7-12(21)14(22)17-8-13-18-15(16)20-19-13/h3-6,12H,2,7-9H2,1H3,(H,17,22)(H3,16,18,19,20). The highest BCUT2D eigenvalue weighted by Gasteiger charge is 2.30. The van der Waals surface area contributed by atoms with E-state index in [0.717, 1.165) is 19.5 Å². The van der Waals surface area contributed by atoms with Crippen molar-refractivity contribution >= 4 is 11.9 Å². The van der Waals surface area contributed by atoms with E-state index in [1.54, 1.807) is 0 Å². The first-order valence-electron chi connectivity index (χ1n) is 7.42.